The predicted octanol–water partition coefficient (Wildman–Crippen LogP) is 1.64. The fraction of sp³-hybridized carbons (Fsp3) is 0.0833. The second-order valence-corrected chi connectivity index (χ2v) is 3.68. The normalized spacial score (nSPS) is 13.4. The molecule has 0 aromatic carbocycles. The van der Waals surface area contributed by atoms with Crippen molar-refractivity contribution in [2.45, 2.75) is 6.42 Å². The molecule has 3 heterocycles. The van der Waals surface area contributed by atoms with E-state index in [1.165, 1.54) is 0 Å². The maximum Gasteiger partial charge on any atom is 0.230 e. The number of hydrogen-bond acceptors (Lipinski definition) is 3. The number of fused-ring (bicyclic) bond motifs is 1. The van der Waals surface area contributed by atoms with Gasteiger partial charge < -0.3 is 5.32 Å². The number of nitrogens with one attached hydrogen (secondary N) is 1. The summed E-state index contributed by atoms with van der Waals surface area (Å²) < 4.78 is 0. The smallest absolute Gasteiger partial charge is 0.230 e. The van der Waals surface area contributed by atoms with E-state index in [0.29, 0.717) is 6.42 Å². The van der Waals surface area contributed by atoms with Crippen LogP contribution in [-0.2, 0) is 11.2 Å². The van der Waals surface area contributed by atoms with Gasteiger partial charge in [-0.15, -0.1) is 0 Å². The molecular weight excluding hydrogens is 202 g/mol. The third-order valence-electron chi connectivity index (χ3n) is 2.59. The minimum atomic E-state index is 0.00868. The highest BCUT2D eigenvalue weighted by Crippen LogP contribution is 2.26. The van der Waals surface area contributed by atoms with Crippen molar-refractivity contribution in [1.82, 2.24) is 9.97 Å². The molecule has 3 rings (SSSR count). The third-order valence-corrected chi connectivity index (χ3v) is 2.59. The number of pyridine rings is 2. The lowest BCUT2D eigenvalue weighted by Gasteiger charge is -2.03. The van der Waals surface area contributed by atoms with Crippen molar-refractivity contribution in [3.05, 3.63) is 42.5 Å². The van der Waals surface area contributed by atoms with Gasteiger partial charge in [-0.25, -0.2) is 0 Å². The fourth-order valence-corrected chi connectivity index (χ4v) is 1.79. The van der Waals surface area contributed by atoms with Crippen molar-refractivity contribution in [1.29, 1.82) is 0 Å². The van der Waals surface area contributed by atoms with E-state index in [4.69, 9.17) is 0 Å². The van der Waals surface area contributed by atoms with Gasteiger partial charge in [-0.1, -0.05) is 0 Å². The van der Waals surface area contributed by atoms with E-state index >= 15 is 0 Å². The lowest BCUT2D eigenvalue weighted by molar-refractivity contribution is -0.115. The van der Waals surface area contributed by atoms with Crippen molar-refractivity contribution in [2.24, 2.45) is 0 Å². The molecule has 1 aliphatic heterocycles. The molecule has 4 heteroatoms. The second-order valence-electron chi connectivity index (χ2n) is 3.68. The van der Waals surface area contributed by atoms with Gasteiger partial charge in [-0.3, -0.25) is 14.8 Å². The number of hydrogen-bond donors (Lipinski definition) is 1. The maximum absolute atomic E-state index is 11.2. The topological polar surface area (TPSA) is 54.9 Å². The van der Waals surface area contributed by atoms with E-state index in [1.807, 2.05) is 18.2 Å². The molecule has 0 aliphatic carbocycles. The van der Waals surface area contributed by atoms with Gasteiger partial charge in [0.15, 0.2) is 0 Å². The van der Waals surface area contributed by atoms with Crippen LogP contribution in [0.5, 0.6) is 0 Å². The van der Waals surface area contributed by atoms with Crippen LogP contribution in [0, 0.1) is 0 Å². The Labute approximate surface area is 92.4 Å². The Kier molecular flexibility index (Phi) is 1.93. The Balaban J connectivity index is 2.06. The summed E-state index contributed by atoms with van der Waals surface area (Å²) in [5.74, 6) is 0.00868. The van der Waals surface area contributed by atoms with Crippen LogP contribution in [0.25, 0.3) is 11.1 Å². The SMILES string of the molecule is O=C1Cc2ncc(-c3ccncc3)cc2N1. The van der Waals surface area contributed by atoms with Gasteiger partial charge in [-0.2, -0.15) is 0 Å². The Hall–Kier alpha value is -2.23. The molecule has 1 N–H and O–H groups in total. The number of anilines is 1. The summed E-state index contributed by atoms with van der Waals surface area (Å²) in [7, 11) is 0. The average Bonchev–Trinajstić information content (AvgIpc) is 2.69. The second kappa shape index (κ2) is 3.41. The highest BCUT2D eigenvalue weighted by Gasteiger charge is 2.19. The number of carbonyl (C=O) groups is 1. The zero-order chi connectivity index (χ0) is 11.0. The zero-order valence-corrected chi connectivity index (χ0v) is 8.47. The first kappa shape index (κ1) is 9.03. The maximum atomic E-state index is 11.2. The summed E-state index contributed by atoms with van der Waals surface area (Å²) in [5.41, 5.74) is 3.68. The zero-order valence-electron chi connectivity index (χ0n) is 8.47. The molecule has 16 heavy (non-hydrogen) atoms. The standard InChI is InChI=1S/C12H9N3O/c16-12-6-10-11(15-12)5-9(7-14-10)8-1-3-13-4-2-8/h1-5,7H,6H2,(H,15,16). The Morgan fingerprint density at radius 3 is 2.81 bits per heavy atom. The highest BCUT2D eigenvalue weighted by molar-refractivity contribution is 5.99. The average molecular weight is 211 g/mol. The van der Waals surface area contributed by atoms with Crippen LogP contribution < -0.4 is 5.32 Å². The number of carbonyl (C=O) groups excluding carboxylic acids is 1. The van der Waals surface area contributed by atoms with Crippen molar-refractivity contribution >= 4 is 11.6 Å². The molecule has 0 unspecified atom stereocenters. The number of aromatic nitrogens is 2. The van der Waals surface area contributed by atoms with Crippen LogP contribution in [0.15, 0.2) is 36.8 Å². The fourth-order valence-electron chi connectivity index (χ4n) is 1.79. The molecule has 0 atom stereocenters. The lowest BCUT2D eigenvalue weighted by atomic mass is 10.1. The van der Waals surface area contributed by atoms with E-state index in [9.17, 15) is 4.79 Å². The van der Waals surface area contributed by atoms with Crippen LogP contribution in [0.4, 0.5) is 5.69 Å². The van der Waals surface area contributed by atoms with E-state index < -0.39 is 0 Å². The molecule has 1 aliphatic rings. The molecule has 4 nitrogen and oxygen atoms in total. The molecule has 1 amide bonds. The van der Waals surface area contributed by atoms with Gasteiger partial charge in [0.2, 0.25) is 5.91 Å². The molecule has 0 radical (unpaired) electrons. The van der Waals surface area contributed by atoms with Crippen LogP contribution in [-0.4, -0.2) is 15.9 Å². The summed E-state index contributed by atoms with van der Waals surface area (Å²) in [6, 6.07) is 5.78. The third kappa shape index (κ3) is 1.44. The Bertz CT molecular complexity index is 551. The number of rotatable bonds is 1. The van der Waals surface area contributed by atoms with Gasteiger partial charge in [0, 0.05) is 24.2 Å². The van der Waals surface area contributed by atoms with E-state index in [-0.39, 0.29) is 5.91 Å². The first-order valence-corrected chi connectivity index (χ1v) is 5.02. The predicted molar refractivity (Wildman–Crippen MR) is 59.8 cm³/mol. The Morgan fingerprint density at radius 1 is 1.19 bits per heavy atom. The first-order chi connectivity index (χ1) is 7.83. The van der Waals surface area contributed by atoms with Crippen molar-refractivity contribution in [3.63, 3.8) is 0 Å². The quantitative estimate of drug-likeness (QED) is 0.780. The Morgan fingerprint density at radius 2 is 2.00 bits per heavy atom. The summed E-state index contributed by atoms with van der Waals surface area (Å²) in [4.78, 5) is 19.4. The molecule has 0 saturated heterocycles. The minimum Gasteiger partial charge on any atom is -0.324 e. The van der Waals surface area contributed by atoms with Crippen molar-refractivity contribution in [3.8, 4) is 11.1 Å². The highest BCUT2D eigenvalue weighted by atomic mass is 16.1. The molecule has 0 spiro atoms. The summed E-state index contributed by atoms with van der Waals surface area (Å²) in [5, 5.41) is 2.79. The van der Waals surface area contributed by atoms with Gasteiger partial charge >= 0.3 is 0 Å². The first-order valence-electron chi connectivity index (χ1n) is 5.02. The van der Waals surface area contributed by atoms with Crippen LogP contribution in [0.1, 0.15) is 5.69 Å². The molecule has 0 fully saturated rings. The van der Waals surface area contributed by atoms with Gasteiger partial charge in [0.1, 0.15) is 0 Å². The number of amides is 1. The summed E-state index contributed by atoms with van der Waals surface area (Å²) in [6.45, 7) is 0. The molecule has 78 valence electrons. The van der Waals surface area contributed by atoms with Crippen molar-refractivity contribution in [2.75, 3.05) is 5.32 Å². The van der Waals surface area contributed by atoms with Gasteiger partial charge in [0.05, 0.1) is 17.8 Å². The molecule has 2 aromatic heterocycles. The molecule has 0 bridgehead atoms. The van der Waals surface area contributed by atoms with Gasteiger partial charge in [-0.05, 0) is 23.8 Å². The van der Waals surface area contributed by atoms with E-state index in [2.05, 4.69) is 15.3 Å². The molecule has 0 saturated carbocycles. The van der Waals surface area contributed by atoms with E-state index in [0.717, 1.165) is 22.5 Å². The lowest BCUT2D eigenvalue weighted by Crippen LogP contribution is -2.03. The van der Waals surface area contributed by atoms with E-state index in [1.54, 1.807) is 18.6 Å². The van der Waals surface area contributed by atoms with Gasteiger partial charge in [0.25, 0.3) is 0 Å². The minimum absolute atomic E-state index is 0.00868. The largest absolute Gasteiger partial charge is 0.324 e. The monoisotopic (exact) mass is 211 g/mol. The van der Waals surface area contributed by atoms with Crippen LogP contribution >= 0.6 is 0 Å². The van der Waals surface area contributed by atoms with Crippen LogP contribution in [0.3, 0.4) is 0 Å². The summed E-state index contributed by atoms with van der Waals surface area (Å²) in [6.07, 6.45) is 5.64. The number of nitrogens with zero attached hydrogens (tertiary/aromatic N) is 2. The van der Waals surface area contributed by atoms with Crippen LogP contribution in [0.2, 0.25) is 0 Å². The summed E-state index contributed by atoms with van der Waals surface area (Å²) >= 11 is 0. The van der Waals surface area contributed by atoms with Crippen molar-refractivity contribution < 1.29 is 4.79 Å². The molecular formula is C12H9N3O. The molecule has 2 aromatic rings.